The molecule has 2 aliphatic heterocycles. The maximum absolute atomic E-state index is 7.74. The van der Waals surface area contributed by atoms with E-state index in [0.717, 1.165) is 29.9 Å². The number of hydrogen-bond acceptors (Lipinski definition) is 6. The van der Waals surface area contributed by atoms with Crippen molar-refractivity contribution in [3.63, 3.8) is 0 Å². The van der Waals surface area contributed by atoms with Crippen LogP contribution in [0.1, 0.15) is 12.0 Å². The summed E-state index contributed by atoms with van der Waals surface area (Å²) >= 11 is 0. The average Bonchev–Trinajstić information content (AvgIpc) is 2.53. The molecule has 2 unspecified atom stereocenters. The summed E-state index contributed by atoms with van der Waals surface area (Å²) in [5.74, 6) is 0.691. The lowest BCUT2D eigenvalue weighted by Crippen LogP contribution is -2.68. The molecular weight excluding hydrogens is 290 g/mol. The Kier molecular flexibility index (Phi) is 4.17. The molecule has 0 aliphatic carbocycles. The highest BCUT2D eigenvalue weighted by atomic mass is 16.5. The third kappa shape index (κ3) is 2.63. The number of nitrogens with two attached hydrogens (primary N) is 1. The number of fused-ring (bicyclic) bond motifs is 2. The number of anilines is 2. The van der Waals surface area contributed by atoms with E-state index in [1.807, 2.05) is 25.4 Å². The first-order valence-corrected chi connectivity index (χ1v) is 7.91. The largest absolute Gasteiger partial charge is 0.495 e. The number of piperidine rings is 1. The molecule has 2 heterocycles. The Morgan fingerprint density at radius 2 is 2.09 bits per heavy atom. The van der Waals surface area contributed by atoms with Crippen molar-refractivity contribution in [3.05, 3.63) is 23.9 Å². The molecule has 6 heteroatoms. The Balaban J connectivity index is 2.07. The first kappa shape index (κ1) is 15.7. The van der Waals surface area contributed by atoms with Crippen LogP contribution in [0, 0.1) is 5.41 Å². The molecule has 0 spiro atoms. The van der Waals surface area contributed by atoms with E-state index in [-0.39, 0.29) is 0 Å². The van der Waals surface area contributed by atoms with Gasteiger partial charge in [-0.3, -0.25) is 0 Å². The van der Waals surface area contributed by atoms with Gasteiger partial charge < -0.3 is 31.0 Å². The first-order valence-electron chi connectivity index (χ1n) is 7.91. The van der Waals surface area contributed by atoms with E-state index in [4.69, 9.17) is 15.9 Å². The van der Waals surface area contributed by atoms with Crippen molar-refractivity contribution in [1.82, 2.24) is 10.2 Å². The van der Waals surface area contributed by atoms with Gasteiger partial charge in [-0.15, -0.1) is 0 Å². The summed E-state index contributed by atoms with van der Waals surface area (Å²) in [6, 6.07) is 4.97. The van der Waals surface area contributed by atoms with Crippen LogP contribution in [0.15, 0.2) is 18.3 Å². The fraction of sp³-hybridized carbons (Fsp3) is 0.471. The van der Waals surface area contributed by atoms with Crippen molar-refractivity contribution >= 4 is 23.2 Å². The lowest BCUT2D eigenvalue weighted by atomic mass is 9.85. The number of rotatable bonds is 5. The van der Waals surface area contributed by atoms with E-state index < -0.39 is 0 Å². The molecule has 1 aromatic rings. The molecule has 2 aliphatic rings. The number of likely N-dealkylation sites (N-methyl/N-ethyl adjacent to an activating group) is 1. The normalized spacial score (nSPS) is 24.1. The van der Waals surface area contributed by atoms with E-state index in [2.05, 4.69) is 22.2 Å². The number of benzene rings is 1. The van der Waals surface area contributed by atoms with Gasteiger partial charge in [0.25, 0.3) is 0 Å². The smallest absolute Gasteiger partial charge is 0.143 e. The second-order valence-corrected chi connectivity index (χ2v) is 6.32. The number of piperazine rings is 1. The molecule has 4 N–H and O–H groups in total. The van der Waals surface area contributed by atoms with Crippen LogP contribution in [0.3, 0.4) is 0 Å². The number of allylic oxidation sites excluding steroid dienone is 1. The minimum absolute atomic E-state index is 0.521. The van der Waals surface area contributed by atoms with E-state index in [1.165, 1.54) is 12.6 Å². The average molecular weight is 315 g/mol. The van der Waals surface area contributed by atoms with Crippen molar-refractivity contribution < 1.29 is 4.74 Å². The van der Waals surface area contributed by atoms with Crippen LogP contribution in [-0.4, -0.2) is 57.5 Å². The van der Waals surface area contributed by atoms with Crippen molar-refractivity contribution in [2.45, 2.75) is 18.5 Å². The zero-order chi connectivity index (χ0) is 16.6. The monoisotopic (exact) mass is 315 g/mol. The Morgan fingerprint density at radius 3 is 2.65 bits per heavy atom. The number of methoxy groups -OCH3 is 1. The highest BCUT2D eigenvalue weighted by Gasteiger charge is 2.44. The van der Waals surface area contributed by atoms with Crippen LogP contribution in [-0.2, 0) is 0 Å². The number of likely N-dealkylation sites (tertiary alicyclic amines) is 1. The van der Waals surface area contributed by atoms with Crippen molar-refractivity contribution in [2.24, 2.45) is 0 Å². The van der Waals surface area contributed by atoms with E-state index in [0.29, 0.717) is 23.5 Å². The number of nitrogens with zero attached hydrogens (tertiary/aromatic N) is 2. The lowest BCUT2D eigenvalue weighted by Gasteiger charge is -2.57. The van der Waals surface area contributed by atoms with Gasteiger partial charge in [0, 0.05) is 67.5 Å². The number of nitrogens with one attached hydrogen (secondary N) is 2. The molecular formula is C17H25N5O. The maximum Gasteiger partial charge on any atom is 0.143 e. The van der Waals surface area contributed by atoms with Gasteiger partial charge in [-0.25, -0.2) is 0 Å². The summed E-state index contributed by atoms with van der Waals surface area (Å²) in [5.41, 5.74) is 9.61. The minimum Gasteiger partial charge on any atom is -0.495 e. The fourth-order valence-electron chi connectivity index (χ4n) is 3.77. The Labute approximate surface area is 137 Å². The predicted octanol–water partition coefficient (Wildman–Crippen LogP) is 1.38. The van der Waals surface area contributed by atoms with Gasteiger partial charge in [-0.05, 0) is 19.5 Å². The summed E-state index contributed by atoms with van der Waals surface area (Å²) in [7, 11) is 5.65. The van der Waals surface area contributed by atoms with Crippen LogP contribution in [0.5, 0.6) is 5.75 Å². The van der Waals surface area contributed by atoms with Crippen molar-refractivity contribution in [3.8, 4) is 5.75 Å². The second kappa shape index (κ2) is 6.12. The molecule has 0 saturated carbocycles. The van der Waals surface area contributed by atoms with Gasteiger partial charge in [0.2, 0.25) is 0 Å². The summed E-state index contributed by atoms with van der Waals surface area (Å²) in [5, 5.41) is 10.8. The van der Waals surface area contributed by atoms with E-state index in [1.54, 1.807) is 7.11 Å². The van der Waals surface area contributed by atoms with Gasteiger partial charge >= 0.3 is 0 Å². The van der Waals surface area contributed by atoms with Gasteiger partial charge in [-0.1, -0.05) is 0 Å². The molecule has 23 heavy (non-hydrogen) atoms. The Hall–Kier alpha value is -2.21. The van der Waals surface area contributed by atoms with Crippen LogP contribution >= 0.6 is 0 Å². The summed E-state index contributed by atoms with van der Waals surface area (Å²) < 4.78 is 5.42. The third-order valence-electron chi connectivity index (χ3n) is 4.77. The fourth-order valence-corrected chi connectivity index (χ4v) is 3.77. The molecule has 2 atom stereocenters. The maximum atomic E-state index is 7.74. The number of nitrogen functional groups attached to an aromatic ring is 1. The predicted molar refractivity (Wildman–Crippen MR) is 95.4 cm³/mol. The van der Waals surface area contributed by atoms with Crippen LogP contribution in [0.25, 0.3) is 5.57 Å². The standard InChI is InChI=1S/C17H25N5O/c1-20-8-11(7-18)14-5-15(19)17(23-3)6-16(14)22-12-4-13(22)10-21(2)9-12/h5-8,12-13,18,20H,4,9-10,19H2,1-3H3/b11-8+,18-7?. The van der Waals surface area contributed by atoms with Crippen LogP contribution < -0.4 is 20.7 Å². The summed E-state index contributed by atoms with van der Waals surface area (Å²) in [6.45, 7) is 2.14. The quantitative estimate of drug-likeness (QED) is 0.565. The molecule has 6 nitrogen and oxygen atoms in total. The summed E-state index contributed by atoms with van der Waals surface area (Å²) in [6.07, 6.45) is 4.43. The minimum atomic E-state index is 0.521. The van der Waals surface area contributed by atoms with Crippen LogP contribution in [0.2, 0.25) is 0 Å². The number of ether oxygens (including phenoxy) is 1. The highest BCUT2D eigenvalue weighted by molar-refractivity contribution is 6.11. The topological polar surface area (TPSA) is 77.6 Å². The molecule has 2 bridgehead atoms. The van der Waals surface area contributed by atoms with Gasteiger partial charge in [0.15, 0.2) is 0 Å². The van der Waals surface area contributed by atoms with E-state index >= 15 is 0 Å². The highest BCUT2D eigenvalue weighted by Crippen LogP contribution is 2.43. The molecule has 0 radical (unpaired) electrons. The SMILES string of the molecule is CN/C=C(\C=N)c1cc(N)c(OC)cc1N1C2CC1CN(C)C2. The third-order valence-corrected chi connectivity index (χ3v) is 4.77. The number of hydrogen-bond donors (Lipinski definition) is 3. The van der Waals surface area contributed by atoms with Gasteiger partial charge in [0.1, 0.15) is 5.75 Å². The first-order chi connectivity index (χ1) is 11.1. The molecule has 0 aromatic heterocycles. The van der Waals surface area contributed by atoms with Gasteiger partial charge in [-0.2, -0.15) is 0 Å². The van der Waals surface area contributed by atoms with Crippen LogP contribution in [0.4, 0.5) is 11.4 Å². The second-order valence-electron chi connectivity index (χ2n) is 6.32. The molecule has 0 amide bonds. The lowest BCUT2D eigenvalue weighted by molar-refractivity contribution is 0.140. The van der Waals surface area contributed by atoms with Crippen molar-refractivity contribution in [2.75, 3.05) is 44.9 Å². The Bertz CT molecular complexity index is 630. The van der Waals surface area contributed by atoms with Crippen molar-refractivity contribution in [1.29, 1.82) is 5.41 Å². The van der Waals surface area contributed by atoms with Gasteiger partial charge in [0.05, 0.1) is 12.8 Å². The molecule has 124 valence electrons. The zero-order valence-corrected chi connectivity index (χ0v) is 14.0. The molecule has 2 saturated heterocycles. The summed E-state index contributed by atoms with van der Waals surface area (Å²) in [4.78, 5) is 4.84. The zero-order valence-electron chi connectivity index (χ0n) is 14.0. The molecule has 1 aromatic carbocycles. The Morgan fingerprint density at radius 1 is 1.39 bits per heavy atom. The van der Waals surface area contributed by atoms with E-state index in [9.17, 15) is 0 Å². The molecule has 2 fully saturated rings. The molecule has 3 rings (SSSR count).